The zero-order valence-corrected chi connectivity index (χ0v) is 13.2. The lowest BCUT2D eigenvalue weighted by Gasteiger charge is -2.20. The van der Waals surface area contributed by atoms with Crippen LogP contribution in [0.1, 0.15) is 44.2 Å². The van der Waals surface area contributed by atoms with E-state index in [1.54, 1.807) is 6.92 Å². The standard InChI is InChI=1S/C17H28N2O2/c1-13(20)5-10-17(19)14(2)21-12-16-8-6-15(7-9-16)4-3-11-18/h6-9,14,17H,3-5,10-12,18-19H2,1-2H3/t14-,17+/m1/s1. The van der Waals surface area contributed by atoms with E-state index in [0.29, 0.717) is 19.4 Å². The summed E-state index contributed by atoms with van der Waals surface area (Å²) in [6.07, 6.45) is 3.17. The van der Waals surface area contributed by atoms with Crippen LogP contribution < -0.4 is 11.5 Å². The molecule has 0 heterocycles. The molecule has 1 aromatic carbocycles. The topological polar surface area (TPSA) is 78.3 Å². The third kappa shape index (κ3) is 7.37. The molecular weight excluding hydrogens is 264 g/mol. The molecule has 0 unspecified atom stereocenters. The van der Waals surface area contributed by atoms with Gasteiger partial charge in [-0.2, -0.15) is 0 Å². The van der Waals surface area contributed by atoms with Crippen molar-refractivity contribution < 1.29 is 9.53 Å². The Labute approximate surface area is 127 Å². The first kappa shape index (κ1) is 17.8. The number of benzene rings is 1. The lowest BCUT2D eigenvalue weighted by molar-refractivity contribution is -0.117. The average molecular weight is 292 g/mol. The highest BCUT2D eigenvalue weighted by molar-refractivity contribution is 5.75. The molecule has 0 bridgehead atoms. The van der Waals surface area contributed by atoms with E-state index in [1.807, 2.05) is 6.92 Å². The van der Waals surface area contributed by atoms with Crippen molar-refractivity contribution in [3.63, 3.8) is 0 Å². The molecule has 2 atom stereocenters. The molecule has 21 heavy (non-hydrogen) atoms. The lowest BCUT2D eigenvalue weighted by atomic mass is 10.1. The maximum absolute atomic E-state index is 11.0. The maximum atomic E-state index is 11.0. The number of carbonyl (C=O) groups is 1. The third-order valence-electron chi connectivity index (χ3n) is 3.64. The fourth-order valence-corrected chi connectivity index (χ4v) is 2.06. The Morgan fingerprint density at radius 3 is 2.43 bits per heavy atom. The van der Waals surface area contributed by atoms with Crippen LogP contribution in [0.15, 0.2) is 24.3 Å². The van der Waals surface area contributed by atoms with Gasteiger partial charge in [0.2, 0.25) is 0 Å². The molecule has 0 aliphatic carbocycles. The molecule has 0 spiro atoms. The van der Waals surface area contributed by atoms with Gasteiger partial charge in [-0.05, 0) is 50.8 Å². The number of carbonyl (C=O) groups excluding carboxylic acids is 1. The molecule has 4 nitrogen and oxygen atoms in total. The molecule has 0 aliphatic heterocycles. The minimum atomic E-state index is -0.0993. The SMILES string of the molecule is CC(=O)CC[C@H](N)[C@@H](C)OCc1ccc(CCCN)cc1. The highest BCUT2D eigenvalue weighted by Crippen LogP contribution is 2.11. The molecule has 0 aromatic heterocycles. The largest absolute Gasteiger partial charge is 0.372 e. The second kappa shape index (κ2) is 9.66. The number of ketones is 1. The summed E-state index contributed by atoms with van der Waals surface area (Å²) in [5.74, 6) is 0.172. The molecule has 0 radical (unpaired) electrons. The summed E-state index contributed by atoms with van der Waals surface area (Å²) in [6.45, 7) is 4.82. The van der Waals surface area contributed by atoms with Gasteiger partial charge in [0, 0.05) is 12.5 Å². The predicted molar refractivity (Wildman–Crippen MR) is 86.0 cm³/mol. The molecule has 1 aromatic rings. The second-order valence-corrected chi connectivity index (χ2v) is 5.63. The average Bonchev–Trinajstić information content (AvgIpc) is 2.49. The van der Waals surface area contributed by atoms with Crippen LogP contribution in [0.25, 0.3) is 0 Å². The first-order chi connectivity index (χ1) is 10.0. The van der Waals surface area contributed by atoms with Gasteiger partial charge in [0.05, 0.1) is 12.7 Å². The molecule has 0 saturated carbocycles. The highest BCUT2D eigenvalue weighted by Gasteiger charge is 2.13. The summed E-state index contributed by atoms with van der Waals surface area (Å²) in [6, 6.07) is 8.31. The van der Waals surface area contributed by atoms with Gasteiger partial charge in [-0.3, -0.25) is 0 Å². The molecule has 1 rings (SSSR count). The molecular formula is C17H28N2O2. The van der Waals surface area contributed by atoms with E-state index in [0.717, 1.165) is 24.9 Å². The van der Waals surface area contributed by atoms with Crippen LogP contribution >= 0.6 is 0 Å². The van der Waals surface area contributed by atoms with Gasteiger partial charge in [-0.1, -0.05) is 24.3 Å². The van der Waals surface area contributed by atoms with Gasteiger partial charge in [0.1, 0.15) is 5.78 Å². The van der Waals surface area contributed by atoms with Crippen LogP contribution in [0.4, 0.5) is 0 Å². The van der Waals surface area contributed by atoms with Crippen LogP contribution in [-0.2, 0) is 22.6 Å². The number of aryl methyl sites for hydroxylation is 1. The van der Waals surface area contributed by atoms with Crippen LogP contribution in [0.5, 0.6) is 0 Å². The molecule has 118 valence electrons. The van der Waals surface area contributed by atoms with E-state index in [4.69, 9.17) is 16.2 Å². The Morgan fingerprint density at radius 1 is 1.24 bits per heavy atom. The Bertz CT molecular complexity index is 417. The predicted octanol–water partition coefficient (Wildman–Crippen LogP) is 2.18. The first-order valence-corrected chi connectivity index (χ1v) is 7.67. The summed E-state index contributed by atoms with van der Waals surface area (Å²) in [4.78, 5) is 11.0. The first-order valence-electron chi connectivity index (χ1n) is 7.67. The van der Waals surface area contributed by atoms with Crippen molar-refractivity contribution in [2.45, 2.75) is 58.3 Å². The molecule has 0 amide bonds. The van der Waals surface area contributed by atoms with Crippen LogP contribution in [0.3, 0.4) is 0 Å². The number of hydrogen-bond acceptors (Lipinski definition) is 4. The van der Waals surface area contributed by atoms with E-state index >= 15 is 0 Å². The van der Waals surface area contributed by atoms with Crippen LogP contribution in [0, 0.1) is 0 Å². The molecule has 4 heteroatoms. The quantitative estimate of drug-likeness (QED) is 0.693. The van der Waals surface area contributed by atoms with Gasteiger partial charge >= 0.3 is 0 Å². The highest BCUT2D eigenvalue weighted by atomic mass is 16.5. The van der Waals surface area contributed by atoms with E-state index in [2.05, 4.69) is 24.3 Å². The van der Waals surface area contributed by atoms with Crippen LogP contribution in [0.2, 0.25) is 0 Å². The zero-order chi connectivity index (χ0) is 15.7. The van der Waals surface area contributed by atoms with E-state index in [-0.39, 0.29) is 17.9 Å². The van der Waals surface area contributed by atoms with E-state index in [9.17, 15) is 4.79 Å². The Hall–Kier alpha value is -1.23. The summed E-state index contributed by atoms with van der Waals surface area (Å²) in [5, 5.41) is 0. The van der Waals surface area contributed by atoms with Crippen molar-refractivity contribution in [2.24, 2.45) is 11.5 Å². The summed E-state index contributed by atoms with van der Waals surface area (Å²) < 4.78 is 5.79. The minimum Gasteiger partial charge on any atom is -0.372 e. The summed E-state index contributed by atoms with van der Waals surface area (Å²) >= 11 is 0. The maximum Gasteiger partial charge on any atom is 0.129 e. The van der Waals surface area contributed by atoms with Gasteiger partial charge in [-0.25, -0.2) is 0 Å². The lowest BCUT2D eigenvalue weighted by Crippen LogP contribution is -2.34. The molecule has 0 fully saturated rings. The van der Waals surface area contributed by atoms with Gasteiger partial charge in [0.15, 0.2) is 0 Å². The van der Waals surface area contributed by atoms with Gasteiger partial charge in [0.25, 0.3) is 0 Å². The monoisotopic (exact) mass is 292 g/mol. The Kier molecular flexibility index (Phi) is 8.20. The molecule has 0 saturated heterocycles. The van der Waals surface area contributed by atoms with E-state index in [1.165, 1.54) is 5.56 Å². The molecule has 4 N–H and O–H groups in total. The van der Waals surface area contributed by atoms with E-state index < -0.39 is 0 Å². The third-order valence-corrected chi connectivity index (χ3v) is 3.64. The van der Waals surface area contributed by atoms with Crippen molar-refractivity contribution >= 4 is 5.78 Å². The van der Waals surface area contributed by atoms with Crippen molar-refractivity contribution in [2.75, 3.05) is 6.54 Å². The summed E-state index contributed by atoms with van der Waals surface area (Å²) in [5.41, 5.74) is 14.0. The van der Waals surface area contributed by atoms with Gasteiger partial charge < -0.3 is 21.0 Å². The Morgan fingerprint density at radius 2 is 1.86 bits per heavy atom. The van der Waals surface area contributed by atoms with Crippen molar-refractivity contribution in [3.8, 4) is 0 Å². The summed E-state index contributed by atoms with van der Waals surface area (Å²) in [7, 11) is 0. The fraction of sp³-hybridized carbons (Fsp3) is 0.588. The molecule has 0 aliphatic rings. The fourth-order valence-electron chi connectivity index (χ4n) is 2.06. The van der Waals surface area contributed by atoms with Crippen molar-refractivity contribution in [3.05, 3.63) is 35.4 Å². The number of Topliss-reactive ketones (excluding diaryl/α,β-unsaturated/α-hetero) is 1. The Balaban J connectivity index is 2.34. The van der Waals surface area contributed by atoms with Crippen molar-refractivity contribution in [1.82, 2.24) is 0 Å². The number of rotatable bonds is 10. The number of hydrogen-bond donors (Lipinski definition) is 2. The van der Waals surface area contributed by atoms with Gasteiger partial charge in [-0.15, -0.1) is 0 Å². The van der Waals surface area contributed by atoms with Crippen molar-refractivity contribution in [1.29, 1.82) is 0 Å². The minimum absolute atomic E-state index is 0.0544. The zero-order valence-electron chi connectivity index (χ0n) is 13.2. The normalized spacial score (nSPS) is 13.9. The number of ether oxygens (including phenoxy) is 1. The smallest absolute Gasteiger partial charge is 0.129 e. The van der Waals surface area contributed by atoms with Crippen LogP contribution in [-0.4, -0.2) is 24.5 Å². The second-order valence-electron chi connectivity index (χ2n) is 5.63. The number of nitrogens with two attached hydrogens (primary N) is 2.